The smallest absolute Gasteiger partial charge is 0.326 e. The van der Waals surface area contributed by atoms with Crippen molar-refractivity contribution < 1.29 is 63.3 Å². The number of nitrogens with one attached hydrogen (secondary N) is 7. The molecule has 5 rings (SSSR count). The van der Waals surface area contributed by atoms with Gasteiger partial charge in [-0.15, -0.1) is 0 Å². The molecular weight excluding hydrogens is 1330 g/mol. The number of carboxylic acid groups (broad SMARTS) is 2. The minimum Gasteiger partial charge on any atom is -0.480 e. The summed E-state index contributed by atoms with van der Waals surface area (Å²) < 4.78 is 0. The molecule has 102 heavy (non-hydrogen) atoms. The second kappa shape index (κ2) is 45.2. The Morgan fingerprint density at radius 1 is 0.569 bits per heavy atom. The van der Waals surface area contributed by atoms with Crippen LogP contribution in [-0.4, -0.2) is 208 Å². The average Bonchev–Trinajstić information content (AvgIpc) is 1.64. The van der Waals surface area contributed by atoms with Crippen LogP contribution in [0.25, 0.3) is 0 Å². The number of carboxylic acids is 2. The molecule has 1 unspecified atom stereocenters. The maximum absolute atomic E-state index is 14.4. The van der Waals surface area contributed by atoms with Crippen LogP contribution in [0.15, 0.2) is 99.9 Å². The molecule has 2 saturated heterocycles. The predicted molar refractivity (Wildman–Crippen MR) is 392 cm³/mol. The molecule has 3 aromatic rings. The SMILES string of the molecule is CC(C)C[C@H](NC(=O)[C@@H](Cc1ccccc1)NC(=O)[C@H](Cc1ccccc1)NC(=O)CNC(=O)[C@@H]1C[C@H](O)CN1C(=O)[C@@H]1CCCN1C(=O)[C@H](CCCN=C(N)N)NC(=O)[C@H](N)CCCN=C(N)N)C(=O)N[C@@H](CCCN=C(N)N)C(=O)O.CCCCCCc1ccc(NC(CS)C(=O)O)cc1. The van der Waals surface area contributed by atoms with Gasteiger partial charge in [0.25, 0.3) is 0 Å². The van der Waals surface area contributed by atoms with Crippen LogP contribution in [0.2, 0.25) is 0 Å². The highest BCUT2D eigenvalue weighted by Crippen LogP contribution is 2.27. The number of carbonyl (C=O) groups is 10. The Kier molecular flexibility index (Phi) is 37.5. The van der Waals surface area contributed by atoms with Gasteiger partial charge >= 0.3 is 11.9 Å². The minimum atomic E-state index is -1.35. The van der Waals surface area contributed by atoms with E-state index >= 15 is 0 Å². The third-order valence-corrected chi connectivity index (χ3v) is 17.2. The molecule has 2 heterocycles. The van der Waals surface area contributed by atoms with E-state index in [0.717, 1.165) is 17.0 Å². The quantitative estimate of drug-likeness (QED) is 0.0143. The van der Waals surface area contributed by atoms with Gasteiger partial charge in [-0.05, 0) is 105 Å². The van der Waals surface area contributed by atoms with Crippen molar-refractivity contribution in [2.45, 2.75) is 190 Å². The molecular formula is C69H107N19O13S. The number of unbranched alkanes of at least 4 members (excludes halogenated alkanes) is 3. The molecule has 0 aromatic heterocycles. The number of anilines is 1. The third-order valence-electron chi connectivity index (χ3n) is 16.8. The summed E-state index contributed by atoms with van der Waals surface area (Å²) in [5, 5.41) is 48.5. The van der Waals surface area contributed by atoms with Gasteiger partial charge in [-0.1, -0.05) is 113 Å². The van der Waals surface area contributed by atoms with Crippen LogP contribution < -0.4 is 77.4 Å². The summed E-state index contributed by atoms with van der Waals surface area (Å²) in [5.41, 5.74) is 42.1. The van der Waals surface area contributed by atoms with E-state index in [4.69, 9.17) is 45.2 Å². The number of β-amino-alcohol motifs (C(OH)–C–C–N with tert-alkyl or cyclic N) is 1. The highest BCUT2D eigenvalue weighted by Gasteiger charge is 2.46. The van der Waals surface area contributed by atoms with Crippen molar-refractivity contribution in [3.8, 4) is 0 Å². The summed E-state index contributed by atoms with van der Waals surface area (Å²) in [6, 6.07) is 14.9. The van der Waals surface area contributed by atoms with Gasteiger partial charge in [0.2, 0.25) is 47.3 Å². The van der Waals surface area contributed by atoms with Crippen LogP contribution in [0.5, 0.6) is 0 Å². The lowest BCUT2D eigenvalue weighted by Gasteiger charge is -2.33. The molecule has 0 spiro atoms. The van der Waals surface area contributed by atoms with Crippen LogP contribution in [-0.2, 0) is 67.2 Å². The number of guanidine groups is 3. The van der Waals surface area contributed by atoms with Crippen molar-refractivity contribution >= 4 is 95.4 Å². The molecule has 0 bridgehead atoms. The molecule has 562 valence electrons. The molecule has 32 nitrogen and oxygen atoms in total. The number of aliphatic hydroxyl groups excluding tert-OH is 1. The number of aliphatic imine (C=N–C) groups is 3. The normalized spacial score (nSPS) is 16.7. The average molecular weight is 1440 g/mol. The first kappa shape index (κ1) is 84.7. The van der Waals surface area contributed by atoms with Crippen molar-refractivity contribution in [3.63, 3.8) is 0 Å². The molecule has 0 radical (unpaired) electrons. The predicted octanol–water partition coefficient (Wildman–Crippen LogP) is -0.812. The number of hydrogen-bond donors (Lipinski definition) is 18. The third kappa shape index (κ3) is 31.0. The van der Waals surface area contributed by atoms with E-state index < -0.39 is 126 Å². The number of nitrogens with zero attached hydrogens (tertiary/aromatic N) is 5. The van der Waals surface area contributed by atoms with Crippen LogP contribution >= 0.6 is 12.6 Å². The Balaban J connectivity index is 0.000000999. The number of benzene rings is 3. The fourth-order valence-electron chi connectivity index (χ4n) is 11.5. The van der Waals surface area contributed by atoms with Gasteiger partial charge in [-0.25, -0.2) is 9.59 Å². The number of aliphatic carboxylic acids is 2. The first-order chi connectivity index (χ1) is 48.6. The van der Waals surface area contributed by atoms with Gasteiger partial charge in [0.05, 0.1) is 18.7 Å². The van der Waals surface area contributed by atoms with Crippen molar-refractivity contribution in [1.29, 1.82) is 0 Å². The van der Waals surface area contributed by atoms with Crippen molar-refractivity contribution in [3.05, 3.63) is 102 Å². The maximum atomic E-state index is 14.4. The standard InChI is InChI=1S/C54H84N18O11.C15H23NO2S/c1-31(2)25-38(45(76)68-37(51(82)83)19-11-23-64-54(60)61)69-47(78)40(27-33-15-7-4-8-16-33)70-46(77)39(26-32-13-5-3-6-14-32)66-43(74)29-65-48(79)42-28-34(73)30-72(42)50(81)41-20-12-24-71(41)49(80)36(18-10-22-63-53(58)59)67-44(75)35(55)17-9-21-62-52(56)57;1-2-3-4-5-6-12-7-9-13(10-8-12)16-14(11-19)15(17)18/h3-8,13-16,31,34-42,73H,9-12,17-30,55H2,1-2H3,(H,65,79)(H,66,74)(H,67,75)(H,68,76)(H,69,78)(H,70,77)(H,82,83)(H4,56,57,62)(H4,58,59,63)(H4,60,61,64);7-10,14,16,19H,2-6,11H2,1H3,(H,17,18)/t34-,35+,36-,37-,38-,39-,40+,41-,42-;/m0./s1. The number of thiol groups is 1. The molecule has 2 fully saturated rings. The number of likely N-dealkylation sites (tertiary alicyclic amines) is 2. The van der Waals surface area contributed by atoms with Crippen LogP contribution in [0.3, 0.4) is 0 Å². The van der Waals surface area contributed by atoms with Gasteiger partial charge in [0, 0.05) is 63.4 Å². The minimum absolute atomic E-state index is 0.0187. The number of aryl methyl sites for hydroxylation is 1. The summed E-state index contributed by atoms with van der Waals surface area (Å²) in [6.45, 7) is 5.50. The summed E-state index contributed by atoms with van der Waals surface area (Å²) in [6.07, 6.45) is 6.47. The lowest BCUT2D eigenvalue weighted by molar-refractivity contribution is -0.148. The summed E-state index contributed by atoms with van der Waals surface area (Å²) in [5.74, 6) is -8.34. The molecule has 3 aromatic carbocycles. The molecule has 0 aliphatic carbocycles. The number of carbonyl (C=O) groups excluding carboxylic acids is 8. The molecule has 0 saturated carbocycles. The number of rotatable bonds is 42. The molecule has 2 aliphatic heterocycles. The van der Waals surface area contributed by atoms with E-state index in [0.29, 0.717) is 24.0 Å². The van der Waals surface area contributed by atoms with Gasteiger partial charge in [-0.3, -0.25) is 53.3 Å². The highest BCUT2D eigenvalue weighted by atomic mass is 32.1. The van der Waals surface area contributed by atoms with E-state index in [-0.39, 0.29) is 126 Å². The fraction of sp³-hybridized carbons (Fsp3) is 0.551. The van der Waals surface area contributed by atoms with Gasteiger partial charge in [0.15, 0.2) is 17.9 Å². The zero-order valence-electron chi connectivity index (χ0n) is 58.6. The molecule has 24 N–H and O–H groups in total. The Morgan fingerprint density at radius 2 is 1.07 bits per heavy atom. The van der Waals surface area contributed by atoms with E-state index in [1.165, 1.54) is 36.1 Å². The first-order valence-electron chi connectivity index (χ1n) is 34.6. The Morgan fingerprint density at radius 3 is 1.59 bits per heavy atom. The molecule has 10 atom stereocenters. The Bertz CT molecular complexity index is 3270. The van der Waals surface area contributed by atoms with Crippen molar-refractivity contribution in [2.24, 2.45) is 61.0 Å². The molecule has 2 aliphatic rings. The first-order valence-corrected chi connectivity index (χ1v) is 35.2. The van der Waals surface area contributed by atoms with E-state index in [1.54, 1.807) is 60.7 Å². The summed E-state index contributed by atoms with van der Waals surface area (Å²) >= 11 is 4.03. The lowest BCUT2D eigenvalue weighted by atomic mass is 9.99. The number of amides is 8. The molecule has 33 heteroatoms. The van der Waals surface area contributed by atoms with Crippen LogP contribution in [0.1, 0.15) is 127 Å². The van der Waals surface area contributed by atoms with Crippen molar-refractivity contribution in [2.75, 3.05) is 50.3 Å². The summed E-state index contributed by atoms with van der Waals surface area (Å²) in [7, 11) is 0. The topological polar surface area (TPSA) is 541 Å². The van der Waals surface area contributed by atoms with Crippen LogP contribution in [0.4, 0.5) is 5.69 Å². The van der Waals surface area contributed by atoms with Crippen LogP contribution in [0, 0.1) is 5.92 Å². The summed E-state index contributed by atoms with van der Waals surface area (Å²) in [4.78, 5) is 150. The monoisotopic (exact) mass is 1440 g/mol. The fourth-order valence-corrected chi connectivity index (χ4v) is 11.8. The van der Waals surface area contributed by atoms with Crippen molar-refractivity contribution in [1.82, 2.24) is 41.7 Å². The number of hydrogen-bond acceptors (Lipinski definition) is 17. The second-order valence-electron chi connectivity index (χ2n) is 25.7. The lowest BCUT2D eigenvalue weighted by Crippen LogP contribution is -2.59. The maximum Gasteiger partial charge on any atom is 0.326 e. The number of nitrogens with two attached hydrogens (primary N) is 7. The Labute approximate surface area is 601 Å². The van der Waals surface area contributed by atoms with E-state index in [9.17, 15) is 58.2 Å². The van der Waals surface area contributed by atoms with Gasteiger partial charge < -0.3 is 102 Å². The molecule has 8 amide bonds. The van der Waals surface area contributed by atoms with E-state index in [1.807, 2.05) is 26.0 Å². The second-order valence-corrected chi connectivity index (χ2v) is 26.1. The largest absolute Gasteiger partial charge is 0.480 e. The van der Waals surface area contributed by atoms with Gasteiger partial charge in [0.1, 0.15) is 48.3 Å². The zero-order valence-corrected chi connectivity index (χ0v) is 59.4. The Hall–Kier alpha value is -9.76. The number of aliphatic hydroxyl groups is 1. The highest BCUT2D eigenvalue weighted by molar-refractivity contribution is 7.80. The van der Waals surface area contributed by atoms with Gasteiger partial charge in [-0.2, -0.15) is 12.6 Å². The van der Waals surface area contributed by atoms with E-state index in [2.05, 4.69) is 83.9 Å². The zero-order chi connectivity index (χ0) is 75.3.